The maximum Gasteiger partial charge on any atom is 0.262 e. The highest BCUT2D eigenvalue weighted by molar-refractivity contribution is 9.10. The Labute approximate surface area is 145 Å². The van der Waals surface area contributed by atoms with Crippen LogP contribution in [0.25, 0.3) is 5.69 Å². The zero-order chi connectivity index (χ0) is 17.0. The maximum absolute atomic E-state index is 12.6. The summed E-state index contributed by atoms with van der Waals surface area (Å²) in [4.78, 5) is 36.3. The molecule has 4 N–H and O–H groups in total. The summed E-state index contributed by atoms with van der Waals surface area (Å²) in [6, 6.07) is 4.81. The fourth-order valence-electron chi connectivity index (χ4n) is 3.28. The van der Waals surface area contributed by atoms with Crippen LogP contribution in [-0.2, 0) is 13.0 Å². The fraction of sp³-hybridized carbons (Fsp3) is 0.188. The second-order valence-corrected chi connectivity index (χ2v) is 6.58. The lowest BCUT2D eigenvalue weighted by Crippen LogP contribution is -2.29. The van der Waals surface area contributed by atoms with Crippen molar-refractivity contribution in [3.05, 3.63) is 55.3 Å². The van der Waals surface area contributed by atoms with E-state index in [1.165, 1.54) is 4.57 Å². The van der Waals surface area contributed by atoms with E-state index in [9.17, 15) is 14.4 Å². The third-order valence-electron chi connectivity index (χ3n) is 4.40. The first-order chi connectivity index (χ1) is 11.5. The van der Waals surface area contributed by atoms with Crippen molar-refractivity contribution in [3.63, 3.8) is 0 Å². The number of nitrogens with two attached hydrogens (primary N) is 1. The molecule has 0 saturated heterocycles. The normalized spacial score (nSPS) is 15.9. The summed E-state index contributed by atoms with van der Waals surface area (Å²) in [6.45, 7) is 1.44. The maximum atomic E-state index is 12.6. The number of imide groups is 1. The van der Waals surface area contributed by atoms with E-state index in [2.05, 4.69) is 26.6 Å². The molecule has 3 heterocycles. The zero-order valence-electron chi connectivity index (χ0n) is 12.5. The second kappa shape index (κ2) is 5.29. The van der Waals surface area contributed by atoms with Crippen molar-refractivity contribution < 1.29 is 9.59 Å². The molecule has 0 unspecified atom stereocenters. The Morgan fingerprint density at radius 2 is 1.92 bits per heavy atom. The molecule has 2 aliphatic rings. The summed E-state index contributed by atoms with van der Waals surface area (Å²) in [6.07, 6.45) is 0.822. The van der Waals surface area contributed by atoms with Gasteiger partial charge in [0.25, 0.3) is 17.4 Å². The Morgan fingerprint density at radius 1 is 1.12 bits per heavy atom. The van der Waals surface area contributed by atoms with E-state index in [0.29, 0.717) is 12.2 Å². The molecular weight excluding hydrogens is 376 g/mol. The number of halogens is 1. The Balaban J connectivity index is 2.03. The van der Waals surface area contributed by atoms with Gasteiger partial charge in [0, 0.05) is 17.1 Å². The van der Waals surface area contributed by atoms with E-state index in [4.69, 9.17) is 5.73 Å². The van der Waals surface area contributed by atoms with Crippen LogP contribution in [0.4, 0.5) is 5.82 Å². The smallest absolute Gasteiger partial charge is 0.262 e. The van der Waals surface area contributed by atoms with Crippen molar-refractivity contribution in [1.29, 1.82) is 0 Å². The van der Waals surface area contributed by atoms with Crippen LogP contribution in [0.15, 0.2) is 27.5 Å². The van der Waals surface area contributed by atoms with E-state index in [0.717, 1.165) is 34.6 Å². The van der Waals surface area contributed by atoms with Crippen LogP contribution in [0.3, 0.4) is 0 Å². The molecule has 2 amide bonds. The summed E-state index contributed by atoms with van der Waals surface area (Å²) in [5, 5.41) is 5.45. The number of nitrogen functional groups attached to an aromatic ring is 1. The third kappa shape index (κ3) is 2.03. The molecule has 0 spiro atoms. The number of hydrogen-bond acceptors (Lipinski definition) is 5. The predicted octanol–water partition coefficient (Wildman–Crippen LogP) is 0.711. The highest BCUT2D eigenvalue weighted by atomic mass is 79.9. The molecule has 1 aromatic heterocycles. The lowest BCUT2D eigenvalue weighted by molar-refractivity contribution is 0.0880. The lowest BCUT2D eigenvalue weighted by atomic mass is 9.98. The van der Waals surface area contributed by atoms with Gasteiger partial charge in [-0.05, 0) is 36.2 Å². The average Bonchev–Trinajstić information content (AvgIpc) is 2.84. The molecule has 0 aliphatic carbocycles. The number of nitrogens with one attached hydrogen (secondary N) is 2. The minimum atomic E-state index is -0.592. The van der Waals surface area contributed by atoms with Crippen molar-refractivity contribution >= 4 is 33.6 Å². The number of hydrogen-bond donors (Lipinski definition) is 3. The fourth-order valence-corrected chi connectivity index (χ4v) is 3.85. The van der Waals surface area contributed by atoms with Crippen LogP contribution in [0.1, 0.15) is 31.8 Å². The van der Waals surface area contributed by atoms with Crippen LogP contribution in [0.2, 0.25) is 0 Å². The number of fused-ring (bicyclic) bond motifs is 2. The summed E-state index contributed by atoms with van der Waals surface area (Å²) in [5.41, 5.74) is 8.44. The zero-order valence-corrected chi connectivity index (χ0v) is 14.1. The number of pyridine rings is 1. The first-order valence-corrected chi connectivity index (χ1v) is 8.21. The van der Waals surface area contributed by atoms with Crippen LogP contribution in [0.5, 0.6) is 0 Å². The largest absolute Gasteiger partial charge is 0.384 e. The van der Waals surface area contributed by atoms with Crippen LogP contribution < -0.4 is 21.9 Å². The number of benzene rings is 1. The molecule has 0 saturated carbocycles. The summed E-state index contributed by atoms with van der Waals surface area (Å²) < 4.78 is 2.28. The van der Waals surface area contributed by atoms with Gasteiger partial charge in [-0.25, -0.2) is 0 Å². The van der Waals surface area contributed by atoms with E-state index < -0.39 is 17.4 Å². The summed E-state index contributed by atoms with van der Waals surface area (Å²) in [5.74, 6) is -1.19. The van der Waals surface area contributed by atoms with Crippen molar-refractivity contribution in [1.82, 2.24) is 15.2 Å². The first kappa shape index (κ1) is 15.1. The molecule has 0 bridgehead atoms. The van der Waals surface area contributed by atoms with Crippen LogP contribution in [0, 0.1) is 0 Å². The van der Waals surface area contributed by atoms with E-state index in [1.807, 2.05) is 6.07 Å². The van der Waals surface area contributed by atoms with Gasteiger partial charge in [-0.15, -0.1) is 0 Å². The van der Waals surface area contributed by atoms with Crippen molar-refractivity contribution in [2.45, 2.75) is 13.0 Å². The topological polar surface area (TPSA) is 106 Å². The molecule has 8 heteroatoms. The molecule has 0 radical (unpaired) electrons. The van der Waals surface area contributed by atoms with Gasteiger partial charge < -0.3 is 11.1 Å². The third-order valence-corrected chi connectivity index (χ3v) is 5.14. The first-order valence-electron chi connectivity index (χ1n) is 7.41. The van der Waals surface area contributed by atoms with Crippen LogP contribution in [-0.4, -0.2) is 22.9 Å². The van der Waals surface area contributed by atoms with Gasteiger partial charge in [-0.2, -0.15) is 0 Å². The number of carbonyl (C=O) groups excluding carboxylic acids is 2. The van der Waals surface area contributed by atoms with E-state index in [-0.39, 0.29) is 16.9 Å². The Kier molecular flexibility index (Phi) is 3.33. The molecule has 0 fully saturated rings. The predicted molar refractivity (Wildman–Crippen MR) is 91.4 cm³/mol. The van der Waals surface area contributed by atoms with E-state index in [1.54, 1.807) is 6.07 Å². The van der Waals surface area contributed by atoms with Crippen molar-refractivity contribution in [2.24, 2.45) is 0 Å². The Hall–Kier alpha value is -2.45. The number of nitrogens with zero attached hydrogens (tertiary/aromatic N) is 1. The molecule has 2 aromatic rings. The highest BCUT2D eigenvalue weighted by Gasteiger charge is 2.32. The second-order valence-electron chi connectivity index (χ2n) is 5.73. The van der Waals surface area contributed by atoms with E-state index >= 15 is 0 Å². The molecular formula is C16H13BrN4O3. The molecule has 7 nitrogen and oxygen atoms in total. The van der Waals surface area contributed by atoms with Gasteiger partial charge >= 0.3 is 0 Å². The standard InChI is InChI=1S/C16H13BrN4O3/c17-10-1-2-11(9-6-19-4-3-7(9)10)21-12(22)5-8-13(14(21)18)16(24)20-15(8)23/h1-2,5,19H,3-4,6,18H2,(H,20,23,24). The van der Waals surface area contributed by atoms with Crippen molar-refractivity contribution in [2.75, 3.05) is 12.3 Å². The number of carbonyl (C=O) groups is 2. The quantitative estimate of drug-likeness (QED) is 0.623. The van der Waals surface area contributed by atoms with Gasteiger partial charge in [-0.3, -0.25) is 24.3 Å². The van der Waals surface area contributed by atoms with Gasteiger partial charge in [0.1, 0.15) is 5.82 Å². The summed E-state index contributed by atoms with van der Waals surface area (Å²) >= 11 is 3.54. The number of aromatic nitrogens is 1. The number of rotatable bonds is 1. The van der Waals surface area contributed by atoms with Gasteiger partial charge in [0.15, 0.2) is 0 Å². The number of amides is 2. The highest BCUT2D eigenvalue weighted by Crippen LogP contribution is 2.31. The Morgan fingerprint density at radius 3 is 2.71 bits per heavy atom. The molecule has 4 rings (SSSR count). The molecule has 122 valence electrons. The number of anilines is 1. The SMILES string of the molecule is Nc1c2c(cc(=O)n1-c1ccc(Br)c3c1CNCC3)C(=O)NC2=O. The van der Waals surface area contributed by atoms with Crippen molar-refractivity contribution in [3.8, 4) is 5.69 Å². The average molecular weight is 389 g/mol. The molecule has 2 aliphatic heterocycles. The van der Waals surface area contributed by atoms with Crippen LogP contribution >= 0.6 is 15.9 Å². The minimum absolute atomic E-state index is 0.0176. The Bertz CT molecular complexity index is 980. The minimum Gasteiger partial charge on any atom is -0.384 e. The monoisotopic (exact) mass is 388 g/mol. The summed E-state index contributed by atoms with van der Waals surface area (Å²) in [7, 11) is 0. The van der Waals surface area contributed by atoms with Gasteiger partial charge in [0.2, 0.25) is 0 Å². The molecule has 1 aromatic carbocycles. The molecule has 24 heavy (non-hydrogen) atoms. The lowest BCUT2D eigenvalue weighted by Gasteiger charge is -2.23. The van der Waals surface area contributed by atoms with Gasteiger partial charge in [0.05, 0.1) is 16.8 Å². The molecule has 0 atom stereocenters. The van der Waals surface area contributed by atoms with Gasteiger partial charge in [-0.1, -0.05) is 15.9 Å².